The molecule has 0 atom stereocenters. The molecule has 34 heavy (non-hydrogen) atoms. The summed E-state index contributed by atoms with van der Waals surface area (Å²) in [4.78, 5) is 24.7. The number of amides is 2. The van der Waals surface area contributed by atoms with E-state index in [2.05, 4.69) is 31.8 Å². The highest BCUT2D eigenvalue weighted by Crippen LogP contribution is 2.27. The van der Waals surface area contributed by atoms with Gasteiger partial charge in [0, 0.05) is 21.3 Å². The molecule has 0 bridgehead atoms. The molecular formula is C25H24BrN3O5. The third-order valence-electron chi connectivity index (χ3n) is 4.68. The van der Waals surface area contributed by atoms with Crippen molar-refractivity contribution >= 4 is 39.6 Å². The van der Waals surface area contributed by atoms with E-state index in [0.717, 1.165) is 10.0 Å². The summed E-state index contributed by atoms with van der Waals surface area (Å²) in [5.41, 5.74) is 5.19. The standard InChI is InChI=1S/C25H24BrN3O5/c1-16-4-8-20(9-5-16)28-24(30)15-34-21-11-7-19(26)12-18(21)14-27-29-25(31)17-6-10-22(32-2)23(13-17)33-3/h4-14H,15H2,1-3H3,(H,28,30)(H,29,31)/b27-14+. The second-order valence-electron chi connectivity index (χ2n) is 7.15. The van der Waals surface area contributed by atoms with Crippen LogP contribution in [0.25, 0.3) is 0 Å². The molecule has 3 rings (SSSR count). The van der Waals surface area contributed by atoms with Gasteiger partial charge in [0.1, 0.15) is 5.75 Å². The Morgan fingerprint density at radius 3 is 2.35 bits per heavy atom. The van der Waals surface area contributed by atoms with Gasteiger partial charge in [0.2, 0.25) is 0 Å². The zero-order valence-corrected chi connectivity index (χ0v) is 20.5. The van der Waals surface area contributed by atoms with Crippen LogP contribution in [0.4, 0.5) is 5.69 Å². The predicted molar refractivity (Wildman–Crippen MR) is 134 cm³/mol. The van der Waals surface area contributed by atoms with Gasteiger partial charge in [0.15, 0.2) is 18.1 Å². The van der Waals surface area contributed by atoms with E-state index in [1.807, 2.05) is 31.2 Å². The number of aryl methyl sites for hydroxylation is 1. The minimum Gasteiger partial charge on any atom is -0.493 e. The summed E-state index contributed by atoms with van der Waals surface area (Å²) >= 11 is 3.40. The normalized spacial score (nSPS) is 10.6. The van der Waals surface area contributed by atoms with Crippen LogP contribution in [-0.2, 0) is 4.79 Å². The van der Waals surface area contributed by atoms with Crippen molar-refractivity contribution in [1.82, 2.24) is 5.43 Å². The molecule has 2 amide bonds. The van der Waals surface area contributed by atoms with Crippen LogP contribution in [-0.4, -0.2) is 38.9 Å². The fraction of sp³-hybridized carbons (Fsp3) is 0.160. The fourth-order valence-corrected chi connectivity index (χ4v) is 3.31. The number of hydrogen-bond donors (Lipinski definition) is 2. The van der Waals surface area contributed by atoms with Crippen molar-refractivity contribution in [2.75, 3.05) is 26.1 Å². The Balaban J connectivity index is 1.63. The fourth-order valence-electron chi connectivity index (χ4n) is 2.93. The number of ether oxygens (including phenoxy) is 3. The van der Waals surface area contributed by atoms with E-state index >= 15 is 0 Å². The maximum atomic E-state index is 12.4. The molecule has 0 saturated carbocycles. The Morgan fingerprint density at radius 1 is 0.941 bits per heavy atom. The zero-order chi connectivity index (χ0) is 24.5. The van der Waals surface area contributed by atoms with E-state index in [1.165, 1.54) is 20.4 Å². The maximum absolute atomic E-state index is 12.4. The van der Waals surface area contributed by atoms with Gasteiger partial charge in [-0.1, -0.05) is 33.6 Å². The van der Waals surface area contributed by atoms with E-state index in [9.17, 15) is 9.59 Å². The van der Waals surface area contributed by atoms with Gasteiger partial charge in [-0.15, -0.1) is 0 Å². The van der Waals surface area contributed by atoms with Gasteiger partial charge in [0.05, 0.1) is 20.4 Å². The van der Waals surface area contributed by atoms with Gasteiger partial charge < -0.3 is 19.5 Å². The van der Waals surface area contributed by atoms with Crippen LogP contribution in [0.2, 0.25) is 0 Å². The first-order valence-corrected chi connectivity index (χ1v) is 11.0. The van der Waals surface area contributed by atoms with Crippen molar-refractivity contribution in [3.8, 4) is 17.2 Å². The van der Waals surface area contributed by atoms with Crippen molar-refractivity contribution in [3.05, 3.63) is 81.8 Å². The second-order valence-corrected chi connectivity index (χ2v) is 8.07. The molecule has 0 heterocycles. The Hall–Kier alpha value is -3.85. The first-order valence-electron chi connectivity index (χ1n) is 10.2. The zero-order valence-electron chi connectivity index (χ0n) is 18.9. The highest BCUT2D eigenvalue weighted by atomic mass is 79.9. The summed E-state index contributed by atoms with van der Waals surface area (Å²) in [6.07, 6.45) is 1.44. The largest absolute Gasteiger partial charge is 0.493 e. The van der Waals surface area contributed by atoms with Crippen LogP contribution in [0.15, 0.2) is 70.2 Å². The Kier molecular flexibility index (Phi) is 8.64. The number of nitrogens with one attached hydrogen (secondary N) is 2. The molecule has 3 aromatic carbocycles. The van der Waals surface area contributed by atoms with Gasteiger partial charge in [-0.05, 0) is 55.5 Å². The number of anilines is 1. The van der Waals surface area contributed by atoms with Crippen LogP contribution in [0.3, 0.4) is 0 Å². The van der Waals surface area contributed by atoms with Crippen LogP contribution in [0, 0.1) is 6.92 Å². The first kappa shape index (κ1) is 24.8. The molecule has 2 N–H and O–H groups in total. The minimum atomic E-state index is -0.424. The van der Waals surface area contributed by atoms with Crippen molar-refractivity contribution < 1.29 is 23.8 Å². The predicted octanol–water partition coefficient (Wildman–Crippen LogP) is 4.56. The molecular weight excluding hydrogens is 502 g/mol. The molecule has 0 radical (unpaired) electrons. The van der Waals surface area contributed by atoms with Crippen molar-refractivity contribution in [1.29, 1.82) is 0 Å². The molecule has 0 fully saturated rings. The molecule has 0 aliphatic rings. The summed E-state index contributed by atoms with van der Waals surface area (Å²) in [5.74, 6) is 0.672. The molecule has 0 aliphatic carbocycles. The lowest BCUT2D eigenvalue weighted by molar-refractivity contribution is -0.118. The molecule has 176 valence electrons. The topological polar surface area (TPSA) is 98.3 Å². The van der Waals surface area contributed by atoms with E-state index < -0.39 is 5.91 Å². The number of rotatable bonds is 9. The molecule has 3 aromatic rings. The molecule has 8 nitrogen and oxygen atoms in total. The first-order chi connectivity index (χ1) is 16.4. The minimum absolute atomic E-state index is 0.186. The van der Waals surface area contributed by atoms with Crippen LogP contribution >= 0.6 is 15.9 Å². The highest BCUT2D eigenvalue weighted by Gasteiger charge is 2.11. The smallest absolute Gasteiger partial charge is 0.271 e. The number of carbonyl (C=O) groups excluding carboxylic acids is 2. The summed E-state index contributed by atoms with van der Waals surface area (Å²) in [6, 6.07) is 17.5. The molecule has 0 spiro atoms. The summed E-state index contributed by atoms with van der Waals surface area (Å²) in [5, 5.41) is 6.80. The van der Waals surface area contributed by atoms with E-state index in [-0.39, 0.29) is 12.5 Å². The Bertz CT molecular complexity index is 1200. The lowest BCUT2D eigenvalue weighted by Crippen LogP contribution is -2.20. The van der Waals surface area contributed by atoms with Gasteiger partial charge in [-0.25, -0.2) is 5.43 Å². The van der Waals surface area contributed by atoms with Gasteiger partial charge in [-0.2, -0.15) is 5.10 Å². The summed E-state index contributed by atoms with van der Waals surface area (Å²) in [7, 11) is 3.01. The Morgan fingerprint density at radius 2 is 1.65 bits per heavy atom. The summed E-state index contributed by atoms with van der Waals surface area (Å²) in [6.45, 7) is 1.79. The molecule has 9 heteroatoms. The number of hydrazone groups is 1. The molecule has 0 unspecified atom stereocenters. The quantitative estimate of drug-likeness (QED) is 0.315. The van der Waals surface area contributed by atoms with Gasteiger partial charge in [-0.3, -0.25) is 9.59 Å². The number of carbonyl (C=O) groups is 2. The Labute approximate surface area is 206 Å². The highest BCUT2D eigenvalue weighted by molar-refractivity contribution is 9.10. The SMILES string of the molecule is COc1ccc(C(=O)N/N=C/c2cc(Br)ccc2OCC(=O)Nc2ccc(C)cc2)cc1OC. The van der Waals surface area contributed by atoms with Gasteiger partial charge >= 0.3 is 0 Å². The molecule has 0 aliphatic heterocycles. The average Bonchev–Trinajstić information content (AvgIpc) is 2.84. The lowest BCUT2D eigenvalue weighted by atomic mass is 10.2. The maximum Gasteiger partial charge on any atom is 0.271 e. The van der Waals surface area contributed by atoms with Gasteiger partial charge in [0.25, 0.3) is 11.8 Å². The number of methoxy groups -OCH3 is 2. The number of halogens is 1. The third kappa shape index (κ3) is 6.82. The monoisotopic (exact) mass is 525 g/mol. The van der Waals surface area contributed by atoms with E-state index in [4.69, 9.17) is 14.2 Å². The van der Waals surface area contributed by atoms with E-state index in [0.29, 0.717) is 34.1 Å². The molecule has 0 saturated heterocycles. The van der Waals surface area contributed by atoms with Crippen molar-refractivity contribution in [2.45, 2.75) is 6.92 Å². The number of nitrogens with zero attached hydrogens (tertiary/aromatic N) is 1. The van der Waals surface area contributed by atoms with Crippen LogP contribution < -0.4 is 25.0 Å². The van der Waals surface area contributed by atoms with E-state index in [1.54, 1.807) is 36.4 Å². The lowest BCUT2D eigenvalue weighted by Gasteiger charge is -2.10. The van der Waals surface area contributed by atoms with Crippen LogP contribution in [0.1, 0.15) is 21.5 Å². The number of hydrogen-bond acceptors (Lipinski definition) is 6. The molecule has 0 aromatic heterocycles. The third-order valence-corrected chi connectivity index (χ3v) is 5.17. The average molecular weight is 526 g/mol. The second kappa shape index (κ2) is 11.9. The van der Waals surface area contributed by atoms with Crippen molar-refractivity contribution in [3.63, 3.8) is 0 Å². The van der Waals surface area contributed by atoms with Crippen molar-refractivity contribution in [2.24, 2.45) is 5.10 Å². The van der Waals surface area contributed by atoms with Crippen LogP contribution in [0.5, 0.6) is 17.2 Å². The summed E-state index contributed by atoms with van der Waals surface area (Å²) < 4.78 is 16.9. The number of benzene rings is 3.